The summed E-state index contributed by atoms with van der Waals surface area (Å²) in [5.74, 6) is -0.191. The van der Waals surface area contributed by atoms with Crippen LogP contribution in [0, 0.1) is 6.92 Å². The smallest absolute Gasteiger partial charge is 0.306 e. The van der Waals surface area contributed by atoms with Gasteiger partial charge in [-0.1, -0.05) is 35.9 Å². The molecule has 0 amide bonds. The number of carbonyl (C=O) groups is 1. The molecule has 82 valence electrons. The molecule has 2 rings (SSSR count). The molecule has 1 heterocycles. The summed E-state index contributed by atoms with van der Waals surface area (Å²) >= 11 is 0. The quantitative estimate of drug-likeness (QED) is 0.714. The van der Waals surface area contributed by atoms with Gasteiger partial charge in [-0.15, -0.1) is 0 Å². The van der Waals surface area contributed by atoms with Crippen LogP contribution in [0.4, 0.5) is 0 Å². The highest BCUT2D eigenvalue weighted by Crippen LogP contribution is 2.11. The maximum Gasteiger partial charge on any atom is 0.306 e. The number of aliphatic hydroxyl groups is 1. The minimum atomic E-state index is -0.220. The van der Waals surface area contributed by atoms with Crippen molar-refractivity contribution in [2.24, 2.45) is 0 Å². The minimum absolute atomic E-state index is 0.0360. The number of carbonyl (C=O) groups excluding carboxylic acids is 1. The first kappa shape index (κ1) is 11.7. The summed E-state index contributed by atoms with van der Waals surface area (Å²) in [6.07, 6.45) is 0.920. The summed E-state index contributed by atoms with van der Waals surface area (Å²) in [6.45, 7) is 2.05. The maximum atomic E-state index is 10.3. The number of cyclic esters (lactones) is 1. The molecule has 1 aromatic rings. The number of hydrogen-bond acceptors (Lipinski definition) is 3. The van der Waals surface area contributed by atoms with E-state index in [9.17, 15) is 4.79 Å². The minimum Gasteiger partial charge on any atom is -0.460 e. The van der Waals surface area contributed by atoms with Crippen molar-refractivity contribution in [1.29, 1.82) is 0 Å². The van der Waals surface area contributed by atoms with Crippen molar-refractivity contribution in [3.63, 3.8) is 0 Å². The molecule has 1 aliphatic heterocycles. The highest BCUT2D eigenvalue weighted by Gasteiger charge is 2.21. The lowest BCUT2D eigenvalue weighted by Gasteiger charge is -2.01. The Bertz CT molecular complexity index is 295. The van der Waals surface area contributed by atoms with Gasteiger partial charge in [0.05, 0.1) is 6.61 Å². The van der Waals surface area contributed by atoms with Gasteiger partial charge in [-0.25, -0.2) is 0 Å². The zero-order valence-corrected chi connectivity index (χ0v) is 8.85. The average Bonchev–Trinajstić information content (AvgIpc) is 2.66. The Balaban J connectivity index is 0.000000151. The molecular formula is C12H16O3. The van der Waals surface area contributed by atoms with Crippen molar-refractivity contribution in [2.75, 3.05) is 6.61 Å². The number of esters is 1. The fourth-order valence-electron chi connectivity index (χ4n) is 1.25. The molecule has 0 radical (unpaired) electrons. The van der Waals surface area contributed by atoms with Crippen LogP contribution in [0.2, 0.25) is 0 Å². The Kier molecular flexibility index (Phi) is 4.84. The van der Waals surface area contributed by atoms with Crippen molar-refractivity contribution < 1.29 is 14.6 Å². The van der Waals surface area contributed by atoms with Gasteiger partial charge in [0, 0.05) is 6.42 Å². The topological polar surface area (TPSA) is 46.5 Å². The van der Waals surface area contributed by atoms with Gasteiger partial charge in [-0.05, 0) is 13.3 Å². The molecule has 1 fully saturated rings. The fourth-order valence-corrected chi connectivity index (χ4v) is 1.25. The van der Waals surface area contributed by atoms with Crippen LogP contribution in [0.15, 0.2) is 30.3 Å². The lowest BCUT2D eigenvalue weighted by Crippen LogP contribution is -2.10. The largest absolute Gasteiger partial charge is 0.460 e. The van der Waals surface area contributed by atoms with Crippen LogP contribution >= 0.6 is 0 Å². The highest BCUT2D eigenvalue weighted by molar-refractivity contribution is 5.71. The number of aryl methyl sites for hydroxylation is 1. The molecule has 1 atom stereocenters. The summed E-state index contributed by atoms with van der Waals surface area (Å²) in [4.78, 5) is 10.3. The average molecular weight is 208 g/mol. The summed E-state index contributed by atoms with van der Waals surface area (Å²) in [7, 11) is 0. The van der Waals surface area contributed by atoms with Crippen LogP contribution in [0.1, 0.15) is 18.4 Å². The summed E-state index contributed by atoms with van der Waals surface area (Å²) < 4.78 is 4.62. The Hall–Kier alpha value is -1.35. The van der Waals surface area contributed by atoms with Gasteiger partial charge in [0.25, 0.3) is 0 Å². The van der Waals surface area contributed by atoms with Crippen LogP contribution in [0.3, 0.4) is 0 Å². The van der Waals surface area contributed by atoms with E-state index in [-0.39, 0.29) is 18.7 Å². The second kappa shape index (κ2) is 6.19. The van der Waals surface area contributed by atoms with E-state index in [0.29, 0.717) is 12.8 Å². The molecule has 1 unspecified atom stereocenters. The van der Waals surface area contributed by atoms with Crippen LogP contribution < -0.4 is 0 Å². The third-order valence-corrected chi connectivity index (χ3v) is 2.11. The molecule has 15 heavy (non-hydrogen) atoms. The monoisotopic (exact) mass is 208 g/mol. The van der Waals surface area contributed by atoms with Gasteiger partial charge in [-0.2, -0.15) is 0 Å². The third kappa shape index (κ3) is 4.61. The molecule has 0 saturated carbocycles. The van der Waals surface area contributed by atoms with Gasteiger partial charge in [0.15, 0.2) is 0 Å². The number of hydrogen-bond donors (Lipinski definition) is 1. The van der Waals surface area contributed by atoms with E-state index in [1.165, 1.54) is 5.56 Å². The van der Waals surface area contributed by atoms with E-state index in [0.717, 1.165) is 0 Å². The Morgan fingerprint density at radius 3 is 2.33 bits per heavy atom. The molecule has 3 heteroatoms. The van der Waals surface area contributed by atoms with Crippen LogP contribution in [0.5, 0.6) is 0 Å². The van der Waals surface area contributed by atoms with E-state index in [1.54, 1.807) is 0 Å². The lowest BCUT2D eigenvalue weighted by molar-refractivity contribution is -0.142. The first-order valence-corrected chi connectivity index (χ1v) is 5.04. The Morgan fingerprint density at radius 1 is 1.40 bits per heavy atom. The third-order valence-electron chi connectivity index (χ3n) is 2.11. The fraction of sp³-hybridized carbons (Fsp3) is 0.417. The second-order valence-corrected chi connectivity index (χ2v) is 3.49. The van der Waals surface area contributed by atoms with Crippen LogP contribution in [-0.2, 0) is 9.53 Å². The maximum absolute atomic E-state index is 10.3. The SMILES string of the molecule is Cc1ccccc1.O=C1CCC(CO)O1. The van der Waals surface area contributed by atoms with Crippen molar-refractivity contribution >= 4 is 5.97 Å². The van der Waals surface area contributed by atoms with Gasteiger partial charge >= 0.3 is 5.97 Å². The van der Waals surface area contributed by atoms with Crippen LogP contribution in [-0.4, -0.2) is 23.8 Å². The number of ether oxygens (including phenoxy) is 1. The van der Waals surface area contributed by atoms with E-state index < -0.39 is 0 Å². The zero-order chi connectivity index (χ0) is 11.1. The number of aliphatic hydroxyl groups excluding tert-OH is 1. The molecule has 1 saturated heterocycles. The van der Waals surface area contributed by atoms with Gasteiger partial charge < -0.3 is 9.84 Å². The molecule has 3 nitrogen and oxygen atoms in total. The molecule has 0 bridgehead atoms. The number of rotatable bonds is 1. The standard InChI is InChI=1S/C7H8.C5H8O3/c1-7-5-3-2-4-6-7;6-3-4-1-2-5(7)8-4/h2-6H,1H3;4,6H,1-3H2. The first-order valence-electron chi connectivity index (χ1n) is 5.04. The molecule has 0 spiro atoms. The van der Waals surface area contributed by atoms with E-state index in [1.807, 2.05) is 18.2 Å². The Labute approximate surface area is 89.7 Å². The Morgan fingerprint density at radius 2 is 2.07 bits per heavy atom. The van der Waals surface area contributed by atoms with Gasteiger partial charge in [0.1, 0.15) is 6.10 Å². The summed E-state index contributed by atoms with van der Waals surface area (Å²) in [5, 5.41) is 8.41. The van der Waals surface area contributed by atoms with Crippen LogP contribution in [0.25, 0.3) is 0 Å². The second-order valence-electron chi connectivity index (χ2n) is 3.49. The predicted molar refractivity (Wildman–Crippen MR) is 57.4 cm³/mol. The predicted octanol–water partition coefficient (Wildman–Crippen LogP) is 1.68. The summed E-state index contributed by atoms with van der Waals surface area (Å²) in [5.41, 5.74) is 1.32. The molecule has 0 aliphatic carbocycles. The summed E-state index contributed by atoms with van der Waals surface area (Å²) in [6, 6.07) is 10.3. The van der Waals surface area contributed by atoms with E-state index in [2.05, 4.69) is 23.8 Å². The molecule has 0 aromatic heterocycles. The van der Waals surface area contributed by atoms with Gasteiger partial charge in [-0.3, -0.25) is 4.79 Å². The van der Waals surface area contributed by atoms with Crippen molar-refractivity contribution in [3.05, 3.63) is 35.9 Å². The van der Waals surface area contributed by atoms with Crippen molar-refractivity contribution in [2.45, 2.75) is 25.9 Å². The lowest BCUT2D eigenvalue weighted by atomic mass is 10.2. The molecule has 1 aliphatic rings. The highest BCUT2D eigenvalue weighted by atomic mass is 16.6. The normalized spacial score (nSPS) is 19.1. The van der Waals surface area contributed by atoms with Gasteiger partial charge in [0.2, 0.25) is 0 Å². The molecule has 1 N–H and O–H groups in total. The van der Waals surface area contributed by atoms with Crippen molar-refractivity contribution in [3.8, 4) is 0 Å². The zero-order valence-electron chi connectivity index (χ0n) is 8.85. The first-order chi connectivity index (χ1) is 7.22. The number of benzene rings is 1. The molecular weight excluding hydrogens is 192 g/mol. The van der Waals surface area contributed by atoms with E-state index >= 15 is 0 Å². The van der Waals surface area contributed by atoms with Crippen molar-refractivity contribution in [1.82, 2.24) is 0 Å². The molecule has 1 aromatic carbocycles. The van der Waals surface area contributed by atoms with E-state index in [4.69, 9.17) is 5.11 Å².